The van der Waals surface area contributed by atoms with Crippen LogP contribution in [0.15, 0.2) is 34.9 Å². The first-order chi connectivity index (χ1) is 9.70. The van der Waals surface area contributed by atoms with Gasteiger partial charge in [0.25, 0.3) is 0 Å². The number of amides is 1. The van der Waals surface area contributed by atoms with E-state index in [2.05, 4.69) is 5.32 Å². The van der Waals surface area contributed by atoms with Crippen LogP contribution in [0.1, 0.15) is 48.4 Å². The van der Waals surface area contributed by atoms with Crippen LogP contribution in [0.2, 0.25) is 0 Å². The molecule has 1 aliphatic rings. The van der Waals surface area contributed by atoms with Crippen LogP contribution in [-0.4, -0.2) is 22.2 Å². The summed E-state index contributed by atoms with van der Waals surface area (Å²) in [5.41, 5.74) is 0.819. The molecule has 1 aliphatic carbocycles. The molecule has 0 saturated carbocycles. The molecule has 0 aliphatic heterocycles. The van der Waals surface area contributed by atoms with Gasteiger partial charge in [-0.2, -0.15) is 0 Å². The third-order valence-corrected chi connectivity index (χ3v) is 3.99. The molecule has 1 aromatic carbocycles. The van der Waals surface area contributed by atoms with E-state index in [1.54, 1.807) is 24.3 Å². The zero-order valence-corrected chi connectivity index (χ0v) is 13.3. The van der Waals surface area contributed by atoms with Gasteiger partial charge in [0.2, 0.25) is 17.5 Å². The van der Waals surface area contributed by atoms with Crippen molar-refractivity contribution in [3.63, 3.8) is 0 Å². The minimum Gasteiger partial charge on any atom is -0.322 e. The topological polar surface area (TPSA) is 63.2 Å². The summed E-state index contributed by atoms with van der Waals surface area (Å²) in [6.07, 6.45) is 0. The van der Waals surface area contributed by atoms with Gasteiger partial charge in [-0.05, 0) is 0 Å². The zero-order chi connectivity index (χ0) is 15.8. The Morgan fingerprint density at radius 1 is 1.05 bits per heavy atom. The number of thioether (sulfide) groups is 1. The van der Waals surface area contributed by atoms with Gasteiger partial charge in [0.05, 0.1) is 4.91 Å². The molecule has 0 saturated heterocycles. The molecule has 0 radical (unpaired) electrons. The lowest BCUT2D eigenvalue weighted by atomic mass is 9.92. The van der Waals surface area contributed by atoms with Crippen molar-refractivity contribution in [1.29, 1.82) is 0 Å². The van der Waals surface area contributed by atoms with E-state index in [1.807, 2.05) is 20.8 Å². The summed E-state index contributed by atoms with van der Waals surface area (Å²) in [6.45, 7) is 7.18. The highest BCUT2D eigenvalue weighted by Gasteiger charge is 2.34. The van der Waals surface area contributed by atoms with Gasteiger partial charge in [-0.3, -0.25) is 14.4 Å². The molecule has 0 atom stereocenters. The number of Topliss-reactive ketones (excluding diaryl/α,β-unsaturated/α-hetero) is 2. The molecule has 1 N–H and O–H groups in total. The summed E-state index contributed by atoms with van der Waals surface area (Å²) in [4.78, 5) is 36.9. The lowest BCUT2D eigenvalue weighted by Gasteiger charge is -2.25. The second-order valence-corrected chi connectivity index (χ2v) is 7.64. The van der Waals surface area contributed by atoms with E-state index in [4.69, 9.17) is 0 Å². The van der Waals surface area contributed by atoms with E-state index in [1.165, 1.54) is 18.7 Å². The number of benzene rings is 1. The van der Waals surface area contributed by atoms with E-state index in [9.17, 15) is 14.4 Å². The number of rotatable bonds is 2. The average molecular weight is 303 g/mol. The molecule has 0 fully saturated rings. The van der Waals surface area contributed by atoms with Crippen LogP contribution >= 0.6 is 11.8 Å². The van der Waals surface area contributed by atoms with Crippen molar-refractivity contribution in [2.24, 2.45) is 0 Å². The highest BCUT2D eigenvalue weighted by molar-refractivity contribution is 8.05. The van der Waals surface area contributed by atoms with E-state index in [-0.39, 0.29) is 27.9 Å². The first kappa shape index (κ1) is 15.5. The molecule has 1 aromatic rings. The molecule has 5 heteroatoms. The van der Waals surface area contributed by atoms with Crippen LogP contribution in [0.5, 0.6) is 0 Å². The van der Waals surface area contributed by atoms with Crippen molar-refractivity contribution < 1.29 is 14.4 Å². The largest absolute Gasteiger partial charge is 0.322 e. The molecular formula is C16H17NO3S. The van der Waals surface area contributed by atoms with Crippen LogP contribution in [0.4, 0.5) is 0 Å². The molecule has 0 unspecified atom stereocenters. The molecule has 0 heterocycles. The summed E-state index contributed by atoms with van der Waals surface area (Å²) < 4.78 is -0.249. The third kappa shape index (κ3) is 3.24. The summed E-state index contributed by atoms with van der Waals surface area (Å²) in [5, 5.41) is 2.52. The summed E-state index contributed by atoms with van der Waals surface area (Å²) in [6, 6.07) is 6.68. The predicted octanol–water partition coefficient (Wildman–Crippen LogP) is 2.95. The second-order valence-electron chi connectivity index (χ2n) is 5.80. The van der Waals surface area contributed by atoms with Gasteiger partial charge < -0.3 is 5.32 Å². The number of nitrogens with one attached hydrogen (secondary N) is 1. The van der Waals surface area contributed by atoms with Crippen LogP contribution in [0, 0.1) is 0 Å². The van der Waals surface area contributed by atoms with Crippen LogP contribution in [-0.2, 0) is 4.79 Å². The van der Waals surface area contributed by atoms with E-state index < -0.39 is 0 Å². The fraction of sp³-hybridized carbons (Fsp3) is 0.312. The number of hydrogen-bond acceptors (Lipinski definition) is 4. The van der Waals surface area contributed by atoms with Gasteiger partial charge in [0.15, 0.2) is 0 Å². The van der Waals surface area contributed by atoms with E-state index in [0.29, 0.717) is 16.0 Å². The number of carbonyl (C=O) groups excluding carboxylic acids is 3. The lowest BCUT2D eigenvalue weighted by Crippen LogP contribution is -2.33. The Balaban J connectivity index is 2.60. The van der Waals surface area contributed by atoms with E-state index in [0.717, 1.165) is 0 Å². The molecule has 0 spiro atoms. The van der Waals surface area contributed by atoms with Gasteiger partial charge >= 0.3 is 0 Å². The van der Waals surface area contributed by atoms with Crippen molar-refractivity contribution in [2.75, 3.05) is 0 Å². The highest BCUT2D eigenvalue weighted by Crippen LogP contribution is 2.38. The van der Waals surface area contributed by atoms with Crippen molar-refractivity contribution >= 4 is 29.2 Å². The van der Waals surface area contributed by atoms with Gasteiger partial charge in [0.1, 0.15) is 5.70 Å². The maximum absolute atomic E-state index is 12.6. The third-order valence-electron chi connectivity index (χ3n) is 2.79. The van der Waals surface area contributed by atoms with Gasteiger partial charge in [-0.1, -0.05) is 45.0 Å². The summed E-state index contributed by atoms with van der Waals surface area (Å²) >= 11 is 1.30. The maximum Gasteiger partial charge on any atom is 0.221 e. The predicted molar refractivity (Wildman–Crippen MR) is 83.3 cm³/mol. The normalized spacial score (nSPS) is 15.0. The van der Waals surface area contributed by atoms with Crippen molar-refractivity contribution in [1.82, 2.24) is 5.32 Å². The first-order valence-corrected chi connectivity index (χ1v) is 7.41. The number of fused-ring (bicyclic) bond motifs is 1. The molecule has 21 heavy (non-hydrogen) atoms. The summed E-state index contributed by atoms with van der Waals surface area (Å²) in [7, 11) is 0. The fourth-order valence-corrected chi connectivity index (χ4v) is 3.11. The number of ketones is 2. The SMILES string of the molecule is CC(=O)NC1=C(SC(C)(C)C)C(=O)c2ccccc2C1=O. The first-order valence-electron chi connectivity index (χ1n) is 6.60. The summed E-state index contributed by atoms with van der Waals surface area (Å²) in [5.74, 6) is -0.890. The van der Waals surface area contributed by atoms with Crippen molar-refractivity contribution in [3.8, 4) is 0 Å². The molecule has 0 bridgehead atoms. The Labute approximate surface area is 128 Å². The van der Waals surface area contributed by atoms with Crippen LogP contribution in [0.3, 0.4) is 0 Å². The monoisotopic (exact) mass is 303 g/mol. The Morgan fingerprint density at radius 2 is 1.57 bits per heavy atom. The highest BCUT2D eigenvalue weighted by atomic mass is 32.2. The molecule has 2 rings (SSSR count). The molecule has 110 valence electrons. The second kappa shape index (κ2) is 5.48. The Hall–Kier alpha value is -1.88. The average Bonchev–Trinajstić information content (AvgIpc) is 2.38. The Bertz CT molecular complexity index is 668. The standard InChI is InChI=1S/C16H17NO3S/c1-9(18)17-12-13(19)10-7-5-6-8-11(10)14(20)15(12)21-16(2,3)4/h5-8H,1-4H3,(H,17,18). The Kier molecular flexibility index (Phi) is 4.05. The number of hydrogen-bond donors (Lipinski definition) is 1. The minimum absolute atomic E-state index is 0.0890. The quantitative estimate of drug-likeness (QED) is 0.912. The van der Waals surface area contributed by atoms with Crippen LogP contribution < -0.4 is 5.32 Å². The molecular weight excluding hydrogens is 286 g/mol. The van der Waals surface area contributed by atoms with Gasteiger partial charge in [0, 0.05) is 22.8 Å². The van der Waals surface area contributed by atoms with Crippen molar-refractivity contribution in [3.05, 3.63) is 46.0 Å². The minimum atomic E-state index is -0.363. The molecule has 1 amide bonds. The molecule has 4 nitrogen and oxygen atoms in total. The molecule has 0 aromatic heterocycles. The fourth-order valence-electron chi connectivity index (χ4n) is 2.05. The smallest absolute Gasteiger partial charge is 0.221 e. The van der Waals surface area contributed by atoms with Crippen LogP contribution in [0.25, 0.3) is 0 Å². The van der Waals surface area contributed by atoms with Crippen molar-refractivity contribution in [2.45, 2.75) is 32.4 Å². The lowest BCUT2D eigenvalue weighted by molar-refractivity contribution is -0.118. The number of carbonyl (C=O) groups is 3. The van der Waals surface area contributed by atoms with E-state index >= 15 is 0 Å². The Morgan fingerprint density at radius 3 is 2.05 bits per heavy atom. The number of allylic oxidation sites excluding steroid dienone is 2. The van der Waals surface area contributed by atoms with Gasteiger partial charge in [-0.15, -0.1) is 11.8 Å². The maximum atomic E-state index is 12.6. The van der Waals surface area contributed by atoms with Gasteiger partial charge in [-0.25, -0.2) is 0 Å². The zero-order valence-electron chi connectivity index (χ0n) is 12.4.